The summed E-state index contributed by atoms with van der Waals surface area (Å²) in [5.41, 5.74) is 0. The molecule has 1 radical (unpaired) electrons. The summed E-state index contributed by atoms with van der Waals surface area (Å²) in [5, 5.41) is 41.1. The van der Waals surface area contributed by atoms with Crippen molar-refractivity contribution in [2.75, 3.05) is 0 Å². The number of carboxylic acid groups (broad SMARTS) is 4. The monoisotopic (exact) mass is 1550 g/mol. The Morgan fingerprint density at radius 1 is 0.134 bits per heavy atom. The Balaban J connectivity index is -0.000000386. The van der Waals surface area contributed by atoms with E-state index in [9.17, 15) is 39.6 Å². The van der Waals surface area contributed by atoms with E-state index >= 15 is 0 Å². The first kappa shape index (κ1) is 104. The smallest absolute Gasteiger partial charge is 0.550 e. The van der Waals surface area contributed by atoms with E-state index in [4.69, 9.17) is 0 Å². The Morgan fingerprint density at radius 2 is 0.196 bits per heavy atom. The number of rotatable bonds is 80. The Hall–Kier alpha value is -1.47. The van der Waals surface area contributed by atoms with Crippen molar-refractivity contribution in [2.45, 2.75) is 541 Å². The van der Waals surface area contributed by atoms with Crippen LogP contribution in [-0.2, 0) is 39.3 Å². The summed E-state index contributed by atoms with van der Waals surface area (Å²) in [6, 6.07) is 0. The molecule has 0 fully saturated rings. The van der Waals surface area contributed by atoms with Gasteiger partial charge in [-0.2, -0.15) is 0 Å². The van der Waals surface area contributed by atoms with Crippen molar-refractivity contribution in [2.24, 2.45) is 0 Å². The van der Waals surface area contributed by atoms with Gasteiger partial charge in [-0.05, 0) is 51.4 Å². The van der Waals surface area contributed by atoms with Crippen LogP contribution in [0.15, 0.2) is 0 Å². The predicted octanol–water partition coefficient (Wildman–Crippen LogP) is 26.2. The second kappa shape index (κ2) is 101. The molecule has 0 N–H and O–H groups in total. The summed E-state index contributed by atoms with van der Waals surface area (Å²) in [6.07, 6.45) is 103. The summed E-state index contributed by atoms with van der Waals surface area (Å²) < 4.78 is 0. The minimum absolute atomic E-state index is 0. The number of hydrogen-bond acceptors (Lipinski definition) is 8. The molecule has 0 bridgehead atoms. The molecule has 0 saturated heterocycles. The Morgan fingerprint density at radius 3 is 0.258 bits per heavy atom. The maximum absolute atomic E-state index is 10.3. The molecule has 0 unspecified atom stereocenters. The maximum atomic E-state index is 10.3. The van der Waals surface area contributed by atoms with Gasteiger partial charge in [0.05, 0.1) is 0 Å². The standard InChI is InChI=1S/4C22H44O2.Ir/c4*1-2-3-4-5-6-7-8-9-10-11-12-13-14-15-16-17-18-19-20-21-22(23)24;/h4*2-21H2,1H3,(H,23,24);/q;;;;+4/p-4. The van der Waals surface area contributed by atoms with Gasteiger partial charge < -0.3 is 39.6 Å². The molecule has 0 aliphatic rings. The molecule has 0 aromatic carbocycles. The first-order valence-electron chi connectivity index (χ1n) is 43.9. The van der Waals surface area contributed by atoms with Crippen LogP contribution in [-0.4, -0.2) is 23.9 Å². The first-order valence-corrected chi connectivity index (χ1v) is 43.9. The van der Waals surface area contributed by atoms with Gasteiger partial charge in [-0.3, -0.25) is 0 Å². The molecule has 0 aromatic heterocycles. The topological polar surface area (TPSA) is 161 Å². The average molecular weight is 1550 g/mol. The van der Waals surface area contributed by atoms with E-state index in [1.807, 2.05) is 0 Å². The van der Waals surface area contributed by atoms with Crippen molar-refractivity contribution in [3.8, 4) is 0 Å². The van der Waals surface area contributed by atoms with Crippen LogP contribution in [0.3, 0.4) is 0 Å². The van der Waals surface area contributed by atoms with Gasteiger partial charge in [-0.15, -0.1) is 0 Å². The third-order valence-electron chi connectivity index (χ3n) is 19.9. The van der Waals surface area contributed by atoms with Crippen LogP contribution in [0.1, 0.15) is 541 Å². The SMILES string of the molecule is CCCCCCCCCCCCCCCCCCCCCC(=O)[O-].CCCCCCCCCCCCCCCCCCCCCC(=O)[O-].CCCCCCCCCCCCCCCCCCCCCC(=O)[O-].CCCCCCCCCCCCCCCCCCCCCC(=O)[O-].[Ir+4]. The molecular weight excluding hydrogens is 1380 g/mol. The van der Waals surface area contributed by atoms with Crippen LogP contribution in [0.4, 0.5) is 0 Å². The number of carbonyl (C=O) groups excluding carboxylic acids is 4. The Labute approximate surface area is 621 Å². The molecule has 97 heavy (non-hydrogen) atoms. The van der Waals surface area contributed by atoms with Crippen molar-refractivity contribution < 1.29 is 59.7 Å². The molecule has 0 heterocycles. The fraction of sp³-hybridized carbons (Fsp3) is 0.955. The second-order valence-corrected chi connectivity index (χ2v) is 29.9. The number of hydrogen-bond donors (Lipinski definition) is 0. The molecule has 0 aliphatic carbocycles. The molecule has 0 atom stereocenters. The van der Waals surface area contributed by atoms with Gasteiger partial charge in [0, 0.05) is 23.9 Å². The van der Waals surface area contributed by atoms with Crippen molar-refractivity contribution >= 4 is 23.9 Å². The zero-order valence-corrected chi connectivity index (χ0v) is 68.6. The predicted molar refractivity (Wildman–Crippen MR) is 412 cm³/mol. The number of carbonyl (C=O) groups is 4. The fourth-order valence-electron chi connectivity index (χ4n) is 13.4. The molecule has 8 nitrogen and oxygen atoms in total. The normalized spacial score (nSPS) is 10.9. The zero-order valence-electron chi connectivity index (χ0n) is 66.2. The van der Waals surface area contributed by atoms with Crippen LogP contribution in [0.25, 0.3) is 0 Å². The van der Waals surface area contributed by atoms with E-state index in [0.29, 0.717) is 0 Å². The van der Waals surface area contributed by atoms with Crippen molar-refractivity contribution in [3.05, 3.63) is 0 Å². The first-order chi connectivity index (χ1) is 47.1. The number of aliphatic carboxylic acids is 4. The van der Waals surface area contributed by atoms with E-state index in [0.717, 1.165) is 51.4 Å². The van der Waals surface area contributed by atoms with E-state index in [2.05, 4.69) is 27.7 Å². The van der Waals surface area contributed by atoms with Crippen molar-refractivity contribution in [3.63, 3.8) is 0 Å². The molecule has 0 aliphatic heterocycles. The summed E-state index contributed by atoms with van der Waals surface area (Å²) in [7, 11) is 0. The molecule has 9 heteroatoms. The number of unbranched alkanes of at least 4 members (excludes halogenated alkanes) is 72. The van der Waals surface area contributed by atoms with Crippen LogP contribution in [0, 0.1) is 0 Å². The molecule has 0 aromatic rings. The molecular formula is C88H172IrO8. The van der Waals surface area contributed by atoms with Gasteiger partial charge >= 0.3 is 20.1 Å². The zero-order chi connectivity index (χ0) is 70.9. The fourth-order valence-corrected chi connectivity index (χ4v) is 13.4. The number of carboxylic acids is 4. The van der Waals surface area contributed by atoms with Crippen LogP contribution in [0.5, 0.6) is 0 Å². The van der Waals surface area contributed by atoms with Gasteiger partial charge in [0.2, 0.25) is 0 Å². The summed E-state index contributed by atoms with van der Waals surface area (Å²) in [4.78, 5) is 41.1. The van der Waals surface area contributed by atoms with E-state index in [1.165, 1.54) is 437 Å². The maximum Gasteiger partial charge on any atom is 4.00 e. The van der Waals surface area contributed by atoms with Gasteiger partial charge in [0.25, 0.3) is 0 Å². The van der Waals surface area contributed by atoms with E-state index < -0.39 is 23.9 Å². The van der Waals surface area contributed by atoms with Crippen LogP contribution >= 0.6 is 0 Å². The molecule has 581 valence electrons. The Kier molecular flexibility index (Phi) is 108. The summed E-state index contributed by atoms with van der Waals surface area (Å²) >= 11 is 0. The van der Waals surface area contributed by atoms with E-state index in [-0.39, 0.29) is 45.8 Å². The second-order valence-electron chi connectivity index (χ2n) is 29.9. The van der Waals surface area contributed by atoms with Gasteiger partial charge in [0.1, 0.15) is 0 Å². The molecule has 0 rings (SSSR count). The van der Waals surface area contributed by atoms with Crippen molar-refractivity contribution in [1.82, 2.24) is 0 Å². The van der Waals surface area contributed by atoms with Gasteiger partial charge in [-0.25, -0.2) is 0 Å². The van der Waals surface area contributed by atoms with Gasteiger partial charge in [-0.1, -0.05) is 490 Å². The molecule has 0 saturated carbocycles. The minimum Gasteiger partial charge on any atom is -0.550 e. The molecule has 0 spiro atoms. The third-order valence-corrected chi connectivity index (χ3v) is 19.9. The quantitative estimate of drug-likeness (QED) is 0.0544. The largest absolute Gasteiger partial charge is 4.00 e. The third kappa shape index (κ3) is 119. The summed E-state index contributed by atoms with van der Waals surface area (Å²) in [6.45, 7) is 9.12. The van der Waals surface area contributed by atoms with Crippen LogP contribution < -0.4 is 20.4 Å². The van der Waals surface area contributed by atoms with E-state index in [1.54, 1.807) is 0 Å². The van der Waals surface area contributed by atoms with Gasteiger partial charge in [0.15, 0.2) is 0 Å². The average Bonchev–Trinajstić information content (AvgIpc) is 3.57. The molecule has 0 amide bonds. The summed E-state index contributed by atoms with van der Waals surface area (Å²) in [5.74, 6) is -3.60. The van der Waals surface area contributed by atoms with Crippen molar-refractivity contribution in [1.29, 1.82) is 0 Å². The Bertz CT molecular complexity index is 1220. The van der Waals surface area contributed by atoms with Crippen LogP contribution in [0.2, 0.25) is 0 Å². The minimum atomic E-state index is -0.901.